The summed E-state index contributed by atoms with van der Waals surface area (Å²) in [7, 11) is 0. The highest BCUT2D eigenvalue weighted by atomic mass is 35.5. The minimum atomic E-state index is -1.38. The van der Waals surface area contributed by atoms with Crippen molar-refractivity contribution in [3.8, 4) is 6.19 Å². The summed E-state index contributed by atoms with van der Waals surface area (Å²) in [5.41, 5.74) is 0. The Morgan fingerprint density at radius 3 is 2.27 bits per heavy atom. The molecule has 0 saturated carbocycles. The number of Topliss-reactive ketones (excluding diaryl/α,β-unsaturated/α-hetero) is 1. The first-order chi connectivity index (χ1) is 9.98. The molecule has 2 aliphatic rings. The summed E-state index contributed by atoms with van der Waals surface area (Å²) in [6.07, 6.45) is 5.70. The van der Waals surface area contributed by atoms with Gasteiger partial charge in [-0.25, -0.2) is 0 Å². The van der Waals surface area contributed by atoms with Crippen molar-refractivity contribution in [1.29, 1.82) is 5.26 Å². The quantitative estimate of drug-likeness (QED) is 0.250. The minimum Gasteiger partial charge on any atom is -0.366 e. The van der Waals surface area contributed by atoms with E-state index >= 15 is 0 Å². The topological polar surface area (TPSA) is 109 Å². The highest BCUT2D eigenvalue weighted by Crippen LogP contribution is 2.12. The second-order valence-corrected chi connectivity index (χ2v) is 5.73. The molecule has 0 unspecified atom stereocenters. The van der Waals surface area contributed by atoms with Crippen LogP contribution in [0.15, 0.2) is 4.99 Å². The normalized spacial score (nSPS) is 21.1. The van der Waals surface area contributed by atoms with E-state index in [0.717, 1.165) is 5.17 Å². The van der Waals surface area contributed by atoms with Crippen molar-refractivity contribution in [2.75, 3.05) is 32.4 Å². The number of carbonyl (C=O) groups is 1. The van der Waals surface area contributed by atoms with E-state index in [1.807, 2.05) is 11.2 Å². The Balaban J connectivity index is 0.000000423. The minimum absolute atomic E-state index is 0. The third kappa shape index (κ3) is 7.96. The Bertz CT molecular complexity index is 408. The molecule has 3 N–H and O–H groups in total. The van der Waals surface area contributed by atoms with E-state index in [-0.39, 0.29) is 12.4 Å². The maximum Gasteiger partial charge on any atom is 0.208 e. The van der Waals surface area contributed by atoms with Crippen LogP contribution in [0.2, 0.25) is 0 Å². The predicted octanol–water partition coefficient (Wildman–Crippen LogP) is 0.324. The number of hydrogen-bond acceptors (Lipinski definition) is 7. The number of aliphatic hydroxyl groups is 2. The van der Waals surface area contributed by atoms with E-state index < -0.39 is 5.79 Å². The third-order valence-corrected chi connectivity index (χ3v) is 4.04. The van der Waals surface area contributed by atoms with Crippen LogP contribution in [-0.4, -0.2) is 64.3 Å². The number of ketones is 1. The van der Waals surface area contributed by atoms with Crippen LogP contribution in [0.1, 0.15) is 25.7 Å². The summed E-state index contributed by atoms with van der Waals surface area (Å²) >= 11 is 1.44. The number of piperidine rings is 2. The maximum atomic E-state index is 10.9. The molecule has 0 spiro atoms. The molecule has 7 nitrogen and oxygen atoms in total. The molecule has 0 aliphatic carbocycles. The largest absolute Gasteiger partial charge is 0.366 e. The van der Waals surface area contributed by atoms with E-state index in [9.17, 15) is 4.79 Å². The summed E-state index contributed by atoms with van der Waals surface area (Å²) in [6.45, 7) is 2.82. The van der Waals surface area contributed by atoms with Gasteiger partial charge in [0, 0.05) is 51.9 Å². The lowest BCUT2D eigenvalue weighted by atomic mass is 10.1. The second kappa shape index (κ2) is 10.8. The molecule has 0 aromatic rings. The zero-order valence-electron chi connectivity index (χ0n) is 12.6. The van der Waals surface area contributed by atoms with Crippen LogP contribution in [0, 0.1) is 11.5 Å². The molecule has 0 bridgehead atoms. The number of amidine groups is 1. The summed E-state index contributed by atoms with van der Waals surface area (Å²) in [5.74, 6) is -1.08. The Morgan fingerprint density at radius 1 is 1.36 bits per heavy atom. The molecule has 0 radical (unpaired) electrons. The molecular weight excluding hydrogens is 328 g/mol. The lowest BCUT2D eigenvalue weighted by molar-refractivity contribution is -0.175. The van der Waals surface area contributed by atoms with Crippen molar-refractivity contribution in [2.45, 2.75) is 31.5 Å². The van der Waals surface area contributed by atoms with Gasteiger partial charge in [0.15, 0.2) is 11.0 Å². The number of halogens is 1. The van der Waals surface area contributed by atoms with Gasteiger partial charge in [-0.2, -0.15) is 5.26 Å². The van der Waals surface area contributed by atoms with E-state index in [2.05, 4.69) is 10.3 Å². The number of nitrogens with one attached hydrogen (secondary N) is 1. The first-order valence-corrected chi connectivity index (χ1v) is 8.14. The number of nitrogens with zero attached hydrogens (tertiary/aromatic N) is 3. The summed E-state index contributed by atoms with van der Waals surface area (Å²) in [4.78, 5) is 16.6. The molecule has 2 heterocycles. The fourth-order valence-corrected chi connectivity index (χ4v) is 2.64. The van der Waals surface area contributed by atoms with Gasteiger partial charge >= 0.3 is 0 Å². The van der Waals surface area contributed by atoms with Crippen LogP contribution >= 0.6 is 24.2 Å². The molecule has 2 rings (SSSR count). The van der Waals surface area contributed by atoms with Crippen LogP contribution in [0.3, 0.4) is 0 Å². The summed E-state index contributed by atoms with van der Waals surface area (Å²) in [6, 6.07) is 0. The molecule has 2 saturated heterocycles. The Kier molecular flexibility index (Phi) is 10.4. The first kappa shape index (κ1) is 21.1. The molecule has 0 atom stereocenters. The van der Waals surface area contributed by atoms with Gasteiger partial charge < -0.3 is 20.4 Å². The van der Waals surface area contributed by atoms with Crippen molar-refractivity contribution in [1.82, 2.24) is 10.2 Å². The molecule has 2 fully saturated rings. The smallest absolute Gasteiger partial charge is 0.208 e. The number of rotatable bonds is 0. The number of likely N-dealkylation sites (tertiary alicyclic amines) is 1. The van der Waals surface area contributed by atoms with Gasteiger partial charge in [0.2, 0.25) is 6.19 Å². The van der Waals surface area contributed by atoms with Gasteiger partial charge in [0.1, 0.15) is 5.78 Å². The second-order valence-electron chi connectivity index (χ2n) is 4.96. The lowest BCUT2D eigenvalue weighted by Crippen LogP contribution is -2.41. The maximum absolute atomic E-state index is 10.9. The molecule has 9 heteroatoms. The van der Waals surface area contributed by atoms with E-state index in [1.165, 1.54) is 11.8 Å². The SMILES string of the molecule is CSC(=NC#N)N1CCC(=O)CC1.Cl.OC1(O)CCNCC1. The molecule has 126 valence electrons. The van der Waals surface area contributed by atoms with Crippen LogP contribution < -0.4 is 5.32 Å². The van der Waals surface area contributed by atoms with Crippen molar-refractivity contribution < 1.29 is 15.0 Å². The molecule has 0 aromatic carbocycles. The number of aliphatic imine (C=N–C) groups is 1. The Labute approximate surface area is 141 Å². The van der Waals surface area contributed by atoms with Crippen molar-refractivity contribution in [3.05, 3.63) is 0 Å². The summed E-state index contributed by atoms with van der Waals surface area (Å²) < 4.78 is 0. The fourth-order valence-electron chi connectivity index (χ4n) is 2.06. The van der Waals surface area contributed by atoms with Crippen LogP contribution in [0.5, 0.6) is 0 Å². The average Bonchev–Trinajstić information content (AvgIpc) is 2.46. The Morgan fingerprint density at radius 2 is 1.91 bits per heavy atom. The van der Waals surface area contributed by atoms with Crippen LogP contribution in [0.4, 0.5) is 0 Å². The van der Waals surface area contributed by atoms with Crippen molar-refractivity contribution in [3.63, 3.8) is 0 Å². The van der Waals surface area contributed by atoms with Crippen LogP contribution in [0.25, 0.3) is 0 Å². The van der Waals surface area contributed by atoms with E-state index in [4.69, 9.17) is 15.5 Å². The predicted molar refractivity (Wildman–Crippen MR) is 88.9 cm³/mol. The highest BCUT2D eigenvalue weighted by Gasteiger charge is 2.24. The molecular formula is C13H23ClN4O3S. The van der Waals surface area contributed by atoms with Gasteiger partial charge in [0.05, 0.1) is 0 Å². The first-order valence-electron chi connectivity index (χ1n) is 6.91. The number of carbonyl (C=O) groups excluding carboxylic acids is 1. The zero-order valence-corrected chi connectivity index (χ0v) is 14.3. The average molecular weight is 351 g/mol. The van der Waals surface area contributed by atoms with Crippen molar-refractivity contribution in [2.24, 2.45) is 4.99 Å². The third-order valence-electron chi connectivity index (χ3n) is 3.32. The van der Waals surface area contributed by atoms with E-state index in [1.54, 1.807) is 6.19 Å². The number of thioether (sulfide) groups is 1. The van der Waals surface area contributed by atoms with Gasteiger partial charge in [-0.3, -0.25) is 4.79 Å². The molecule has 22 heavy (non-hydrogen) atoms. The Hall–Kier alpha value is -0.850. The van der Waals surface area contributed by atoms with Gasteiger partial charge in [0.25, 0.3) is 0 Å². The number of hydrogen-bond donors (Lipinski definition) is 3. The fraction of sp³-hybridized carbons (Fsp3) is 0.769. The van der Waals surface area contributed by atoms with Crippen LogP contribution in [-0.2, 0) is 4.79 Å². The zero-order chi connectivity index (χ0) is 15.7. The lowest BCUT2D eigenvalue weighted by Gasteiger charge is -2.27. The molecule has 0 aromatic heterocycles. The monoisotopic (exact) mass is 350 g/mol. The van der Waals surface area contributed by atoms with Crippen molar-refractivity contribution >= 4 is 35.1 Å². The summed E-state index contributed by atoms with van der Waals surface area (Å²) in [5, 5.41) is 29.9. The standard InChI is InChI=1S/C8H11N3OS.C5H11NO2.ClH/c1-13-8(10-6-9)11-4-2-7(12)3-5-11;7-5(8)1-3-6-4-2-5;/h2-5H2,1H3;6-8H,1-4H2;1H. The van der Waals surface area contributed by atoms with Gasteiger partial charge in [-0.1, -0.05) is 11.8 Å². The number of nitriles is 1. The molecule has 0 amide bonds. The highest BCUT2D eigenvalue weighted by molar-refractivity contribution is 8.13. The molecule has 2 aliphatic heterocycles. The van der Waals surface area contributed by atoms with Gasteiger partial charge in [-0.05, 0) is 6.26 Å². The van der Waals surface area contributed by atoms with Gasteiger partial charge in [-0.15, -0.1) is 17.4 Å². The van der Waals surface area contributed by atoms with E-state index in [0.29, 0.717) is 57.6 Å².